The van der Waals surface area contributed by atoms with E-state index in [1.807, 2.05) is 0 Å². The van der Waals surface area contributed by atoms with E-state index < -0.39 is 42.7 Å². The highest BCUT2D eigenvalue weighted by Gasteiger charge is 2.39. The number of hydrogen-bond donors (Lipinski definition) is 5. The van der Waals surface area contributed by atoms with Crippen molar-refractivity contribution in [2.24, 2.45) is 0 Å². The standard InChI is InChI=1S/C20H23BN4O8S/c1-32-15(27)5-6-23-20(30)25-16(13-9-34-19(22)24-13)14(26)8-11-7-10-3-2-4-12(18(28)29)17(10)33-21(11)31/h2-4,9,11,16,31H,5-8H2,1H3,(H2,22,24)(H,28,29)(H2,23,25,30)/t11-,16?/m1/s1. The van der Waals surface area contributed by atoms with E-state index in [-0.39, 0.29) is 47.9 Å². The summed E-state index contributed by atoms with van der Waals surface area (Å²) >= 11 is 1.10. The normalized spacial score (nSPS) is 15.5. The fourth-order valence-electron chi connectivity index (χ4n) is 3.52. The number of nitrogens with zero attached hydrogens (tertiary/aromatic N) is 1. The number of methoxy groups -OCH3 is 1. The Kier molecular flexibility index (Phi) is 8.07. The monoisotopic (exact) mass is 490 g/mol. The largest absolute Gasteiger partial charge is 0.535 e. The highest BCUT2D eigenvalue weighted by molar-refractivity contribution is 7.13. The number of ether oxygens (including phenoxy) is 1. The summed E-state index contributed by atoms with van der Waals surface area (Å²) in [7, 11) is -0.194. The quantitative estimate of drug-likeness (QED) is 0.248. The van der Waals surface area contributed by atoms with Crippen molar-refractivity contribution in [1.29, 1.82) is 0 Å². The summed E-state index contributed by atoms with van der Waals surface area (Å²) < 4.78 is 9.95. The van der Waals surface area contributed by atoms with Gasteiger partial charge in [0.05, 0.1) is 24.8 Å². The molecule has 6 N–H and O–H groups in total. The van der Waals surface area contributed by atoms with Gasteiger partial charge in [0.25, 0.3) is 0 Å². The molecule has 2 heterocycles. The molecule has 0 aliphatic carbocycles. The van der Waals surface area contributed by atoms with Gasteiger partial charge in [0.1, 0.15) is 11.8 Å². The molecule has 12 nitrogen and oxygen atoms in total. The lowest BCUT2D eigenvalue weighted by molar-refractivity contribution is -0.140. The van der Waals surface area contributed by atoms with Crippen LogP contribution >= 0.6 is 11.3 Å². The van der Waals surface area contributed by atoms with Gasteiger partial charge in [-0.2, -0.15) is 0 Å². The van der Waals surface area contributed by atoms with Gasteiger partial charge in [-0.25, -0.2) is 14.6 Å². The summed E-state index contributed by atoms with van der Waals surface area (Å²) in [6.45, 7) is -0.00348. The Labute approximate surface area is 198 Å². The molecule has 180 valence electrons. The number of hydrogen-bond acceptors (Lipinski definition) is 10. The number of anilines is 1. The number of fused-ring (bicyclic) bond motifs is 1. The molecule has 0 fully saturated rings. The summed E-state index contributed by atoms with van der Waals surface area (Å²) in [5.41, 5.74) is 6.38. The van der Waals surface area contributed by atoms with E-state index in [2.05, 4.69) is 20.4 Å². The molecule has 0 saturated heterocycles. The third-order valence-electron chi connectivity index (χ3n) is 5.19. The molecule has 14 heteroatoms. The lowest BCUT2D eigenvalue weighted by Crippen LogP contribution is -2.43. The van der Waals surface area contributed by atoms with Crippen molar-refractivity contribution in [1.82, 2.24) is 15.6 Å². The van der Waals surface area contributed by atoms with Crippen LogP contribution in [-0.4, -0.2) is 59.6 Å². The third-order valence-corrected chi connectivity index (χ3v) is 5.88. The van der Waals surface area contributed by atoms with E-state index in [1.165, 1.54) is 18.6 Å². The number of aromatic nitrogens is 1. The number of nitrogens with one attached hydrogen (secondary N) is 2. The smallest absolute Gasteiger partial charge is 0.526 e. The summed E-state index contributed by atoms with van der Waals surface area (Å²) in [6.07, 6.45) is -0.0431. The molecule has 1 unspecified atom stereocenters. The number of nitrogens with two attached hydrogens (primary N) is 1. The molecule has 0 bridgehead atoms. The van der Waals surface area contributed by atoms with Crippen LogP contribution in [0, 0.1) is 0 Å². The average molecular weight is 490 g/mol. The minimum absolute atomic E-state index is 0.00348. The molecule has 1 aliphatic heterocycles. The maximum absolute atomic E-state index is 13.2. The van der Waals surface area contributed by atoms with Crippen LogP contribution in [0.25, 0.3) is 0 Å². The minimum Gasteiger partial charge on any atom is -0.535 e. The maximum Gasteiger partial charge on any atom is 0.526 e. The first-order valence-electron chi connectivity index (χ1n) is 10.2. The number of para-hydroxylation sites is 1. The molecule has 0 radical (unpaired) electrons. The van der Waals surface area contributed by atoms with Gasteiger partial charge in [-0.3, -0.25) is 9.59 Å². The molecule has 3 rings (SSSR count). The SMILES string of the molecule is COC(=O)CCNC(=O)NC(C(=O)C[C@H]1Cc2cccc(C(=O)O)c2OB1O)c1csc(N)n1. The second-order valence-corrected chi connectivity index (χ2v) is 8.40. The van der Waals surface area contributed by atoms with E-state index in [4.69, 9.17) is 10.4 Å². The first-order valence-corrected chi connectivity index (χ1v) is 11.1. The molecule has 2 amide bonds. The minimum atomic E-state index is -1.42. The highest BCUT2D eigenvalue weighted by Crippen LogP contribution is 2.37. The number of esters is 1. The number of carbonyl (C=O) groups excluding carboxylic acids is 3. The van der Waals surface area contributed by atoms with Crippen molar-refractivity contribution in [3.05, 3.63) is 40.4 Å². The van der Waals surface area contributed by atoms with Crippen LogP contribution in [-0.2, 0) is 20.7 Å². The summed E-state index contributed by atoms with van der Waals surface area (Å²) in [4.78, 5) is 52.2. The van der Waals surface area contributed by atoms with Gasteiger partial charge in [-0.05, 0) is 18.1 Å². The van der Waals surface area contributed by atoms with Gasteiger partial charge >= 0.3 is 25.1 Å². The van der Waals surface area contributed by atoms with Crippen molar-refractivity contribution >= 4 is 47.3 Å². The predicted molar refractivity (Wildman–Crippen MR) is 122 cm³/mol. The Morgan fingerprint density at radius 1 is 1.38 bits per heavy atom. The van der Waals surface area contributed by atoms with Crippen molar-refractivity contribution in [3.8, 4) is 5.75 Å². The van der Waals surface area contributed by atoms with E-state index >= 15 is 0 Å². The number of carboxylic acids is 1. The molecule has 1 aromatic heterocycles. The number of nitrogen functional groups attached to an aromatic ring is 1. The lowest BCUT2D eigenvalue weighted by Gasteiger charge is -2.28. The van der Waals surface area contributed by atoms with Crippen LogP contribution in [0.2, 0.25) is 5.82 Å². The fraction of sp³-hybridized carbons (Fsp3) is 0.350. The van der Waals surface area contributed by atoms with Crippen LogP contribution in [0.1, 0.15) is 40.5 Å². The zero-order valence-corrected chi connectivity index (χ0v) is 19.0. The number of carboxylic acid groups (broad SMARTS) is 1. The van der Waals surface area contributed by atoms with Crippen LogP contribution < -0.4 is 21.0 Å². The predicted octanol–water partition coefficient (Wildman–Crippen LogP) is 0.772. The number of ketones is 1. The number of Topliss-reactive ketones (excluding diaryl/α,β-unsaturated/α-hetero) is 1. The van der Waals surface area contributed by atoms with Crippen LogP contribution in [0.5, 0.6) is 5.75 Å². The number of thiazole rings is 1. The van der Waals surface area contributed by atoms with E-state index in [0.717, 1.165) is 11.3 Å². The molecular weight excluding hydrogens is 467 g/mol. The molecule has 0 spiro atoms. The number of carbonyl (C=O) groups is 4. The highest BCUT2D eigenvalue weighted by atomic mass is 32.1. The Bertz CT molecular complexity index is 1090. The first kappa shape index (κ1) is 25.0. The zero-order chi connectivity index (χ0) is 24.8. The molecule has 2 aromatic rings. The summed E-state index contributed by atoms with van der Waals surface area (Å²) in [5.74, 6) is -2.77. The number of amides is 2. The second kappa shape index (κ2) is 11.0. The molecule has 1 aromatic carbocycles. The van der Waals surface area contributed by atoms with Crippen molar-refractivity contribution in [3.63, 3.8) is 0 Å². The van der Waals surface area contributed by atoms with E-state index in [1.54, 1.807) is 12.1 Å². The summed E-state index contributed by atoms with van der Waals surface area (Å²) in [6, 6.07) is 2.72. The van der Waals surface area contributed by atoms with Gasteiger partial charge < -0.3 is 35.9 Å². The number of benzene rings is 1. The number of rotatable bonds is 9. The zero-order valence-electron chi connectivity index (χ0n) is 18.1. The number of urea groups is 1. The topological polar surface area (TPSA) is 190 Å². The van der Waals surface area contributed by atoms with Gasteiger partial charge in [-0.1, -0.05) is 12.1 Å². The second-order valence-electron chi connectivity index (χ2n) is 7.51. The molecule has 34 heavy (non-hydrogen) atoms. The van der Waals surface area contributed by atoms with E-state index in [9.17, 15) is 29.3 Å². The van der Waals surface area contributed by atoms with Gasteiger partial charge in [0.15, 0.2) is 10.9 Å². The van der Waals surface area contributed by atoms with Crippen molar-refractivity contribution in [2.45, 2.75) is 31.1 Å². The lowest BCUT2D eigenvalue weighted by atomic mass is 9.64. The van der Waals surface area contributed by atoms with Crippen LogP contribution in [0.3, 0.4) is 0 Å². The molecule has 0 saturated carbocycles. The summed E-state index contributed by atoms with van der Waals surface area (Å²) in [5, 5.41) is 26.5. The van der Waals surface area contributed by atoms with Crippen molar-refractivity contribution in [2.75, 3.05) is 19.4 Å². The molecular formula is C20H23BN4O8S. The Balaban J connectivity index is 1.72. The van der Waals surface area contributed by atoms with Crippen LogP contribution in [0.4, 0.5) is 9.93 Å². The first-order chi connectivity index (χ1) is 16.2. The Hall–Kier alpha value is -3.65. The van der Waals surface area contributed by atoms with Crippen molar-refractivity contribution < 1.29 is 38.7 Å². The number of aromatic carboxylic acids is 1. The maximum atomic E-state index is 13.2. The molecule has 1 aliphatic rings. The Morgan fingerprint density at radius 2 is 2.15 bits per heavy atom. The van der Waals surface area contributed by atoms with Crippen LogP contribution in [0.15, 0.2) is 23.6 Å². The third kappa shape index (κ3) is 6.02. The average Bonchev–Trinajstić information content (AvgIpc) is 3.23. The van der Waals surface area contributed by atoms with Gasteiger partial charge in [0.2, 0.25) is 0 Å². The van der Waals surface area contributed by atoms with Gasteiger partial charge in [-0.15, -0.1) is 11.3 Å². The fourth-order valence-corrected chi connectivity index (χ4v) is 4.11. The van der Waals surface area contributed by atoms with E-state index in [0.29, 0.717) is 5.56 Å². The molecule has 2 atom stereocenters. The van der Waals surface area contributed by atoms with Gasteiger partial charge in [0, 0.05) is 24.2 Å². The Morgan fingerprint density at radius 3 is 2.79 bits per heavy atom.